The Morgan fingerprint density at radius 2 is 2.00 bits per heavy atom. The summed E-state index contributed by atoms with van der Waals surface area (Å²) in [5.41, 5.74) is -1.50. The summed E-state index contributed by atoms with van der Waals surface area (Å²) in [6.45, 7) is 9.33. The van der Waals surface area contributed by atoms with Gasteiger partial charge in [-0.1, -0.05) is 23.8 Å². The number of anilines is 1. The minimum absolute atomic E-state index is 0.0444. The quantitative estimate of drug-likeness (QED) is 0.276. The predicted octanol–water partition coefficient (Wildman–Crippen LogP) is 3.13. The average Bonchev–Trinajstić information content (AvgIpc) is 3.42. The summed E-state index contributed by atoms with van der Waals surface area (Å²) in [6.07, 6.45) is 5.67. The second-order valence-electron chi connectivity index (χ2n) is 9.80. The Labute approximate surface area is 216 Å². The second kappa shape index (κ2) is 10.4. The number of β-amino-alcohol motifs (C(OH)–C–C–N with tert-alkyl or cyclic N) is 1. The lowest BCUT2D eigenvalue weighted by Crippen LogP contribution is -2.56. The maximum atomic E-state index is 14.2. The van der Waals surface area contributed by atoms with Gasteiger partial charge in [-0.05, 0) is 56.9 Å². The smallest absolute Gasteiger partial charge is 0.312 e. The van der Waals surface area contributed by atoms with Crippen LogP contribution in [-0.4, -0.2) is 71.3 Å². The first-order chi connectivity index (χ1) is 17.2. The Balaban J connectivity index is 1.71. The van der Waals surface area contributed by atoms with Crippen LogP contribution in [0.4, 0.5) is 5.69 Å². The molecule has 2 bridgehead atoms. The summed E-state index contributed by atoms with van der Waals surface area (Å²) in [4.78, 5) is 44.1. The number of nitrogens with zero attached hydrogens (tertiary/aromatic N) is 2. The number of fused-ring (bicyclic) bond motifs is 1. The molecule has 9 heteroatoms. The molecular formula is C27H33ClN2O6. The van der Waals surface area contributed by atoms with E-state index in [4.69, 9.17) is 21.1 Å². The number of aliphatic hydroxyl groups excluding tert-OH is 1. The summed E-state index contributed by atoms with van der Waals surface area (Å²) >= 11 is 6.05. The number of hydrogen-bond acceptors (Lipinski definition) is 6. The molecule has 2 unspecified atom stereocenters. The van der Waals surface area contributed by atoms with Crippen molar-refractivity contribution in [2.75, 3.05) is 31.2 Å². The van der Waals surface area contributed by atoms with Gasteiger partial charge in [0, 0.05) is 23.8 Å². The molecule has 36 heavy (non-hydrogen) atoms. The number of likely N-dealkylation sites (tertiary alicyclic amines) is 1. The van der Waals surface area contributed by atoms with Crippen molar-refractivity contribution in [3.05, 3.63) is 54.6 Å². The van der Waals surface area contributed by atoms with Gasteiger partial charge >= 0.3 is 5.97 Å². The van der Waals surface area contributed by atoms with Crippen LogP contribution in [-0.2, 0) is 23.9 Å². The third-order valence-corrected chi connectivity index (χ3v) is 7.87. The van der Waals surface area contributed by atoms with E-state index >= 15 is 0 Å². The molecule has 1 aromatic rings. The second-order valence-corrected chi connectivity index (χ2v) is 10.2. The van der Waals surface area contributed by atoms with E-state index < -0.39 is 35.0 Å². The largest absolute Gasteiger partial charge is 0.465 e. The molecule has 2 amide bonds. The Morgan fingerprint density at radius 1 is 1.28 bits per heavy atom. The fourth-order valence-corrected chi connectivity index (χ4v) is 6.25. The van der Waals surface area contributed by atoms with Crippen LogP contribution in [0.25, 0.3) is 0 Å². The molecule has 0 aliphatic carbocycles. The molecule has 0 aromatic heterocycles. The van der Waals surface area contributed by atoms with E-state index in [1.54, 1.807) is 36.4 Å². The molecule has 8 nitrogen and oxygen atoms in total. The third kappa shape index (κ3) is 4.25. The number of aliphatic hydroxyl groups is 1. The van der Waals surface area contributed by atoms with E-state index in [0.717, 1.165) is 0 Å². The van der Waals surface area contributed by atoms with Crippen molar-refractivity contribution in [2.45, 2.75) is 49.9 Å². The highest BCUT2D eigenvalue weighted by atomic mass is 35.5. The Kier molecular flexibility index (Phi) is 7.59. The van der Waals surface area contributed by atoms with Gasteiger partial charge in [-0.15, -0.1) is 13.2 Å². The van der Waals surface area contributed by atoms with Gasteiger partial charge in [0.05, 0.1) is 24.7 Å². The first-order valence-corrected chi connectivity index (χ1v) is 12.7. The molecule has 4 rings (SSSR count). The number of allylic oxidation sites excluding steroid dienone is 1. The number of carbonyl (C=O) groups is 3. The number of hydrogen-bond donors (Lipinski definition) is 1. The van der Waals surface area contributed by atoms with Crippen molar-refractivity contribution in [3.8, 4) is 0 Å². The molecule has 1 N–H and O–H groups in total. The maximum Gasteiger partial charge on any atom is 0.312 e. The summed E-state index contributed by atoms with van der Waals surface area (Å²) in [5.74, 6) is -2.90. The third-order valence-electron chi connectivity index (χ3n) is 7.62. The van der Waals surface area contributed by atoms with E-state index in [-0.39, 0.29) is 38.1 Å². The van der Waals surface area contributed by atoms with E-state index in [1.165, 1.54) is 9.80 Å². The van der Waals surface area contributed by atoms with Crippen LogP contribution in [0.1, 0.15) is 32.6 Å². The van der Waals surface area contributed by atoms with Gasteiger partial charge in [0.1, 0.15) is 17.6 Å². The molecule has 194 valence electrons. The number of halogens is 1. The highest BCUT2D eigenvalue weighted by Gasteiger charge is 2.78. The fourth-order valence-electron chi connectivity index (χ4n) is 6.12. The molecule has 3 heterocycles. The van der Waals surface area contributed by atoms with Crippen LogP contribution >= 0.6 is 11.6 Å². The highest BCUT2D eigenvalue weighted by molar-refractivity contribution is 6.30. The van der Waals surface area contributed by atoms with Crippen molar-refractivity contribution in [2.24, 2.45) is 11.8 Å². The zero-order valence-electron chi connectivity index (χ0n) is 20.5. The number of rotatable bonds is 11. The van der Waals surface area contributed by atoms with E-state index in [2.05, 4.69) is 13.2 Å². The molecule has 3 aliphatic heterocycles. The molecule has 3 aliphatic rings. The van der Waals surface area contributed by atoms with Gasteiger partial charge in [0.15, 0.2) is 0 Å². The molecule has 1 spiro atoms. The van der Waals surface area contributed by atoms with Crippen LogP contribution in [0, 0.1) is 11.8 Å². The van der Waals surface area contributed by atoms with Crippen LogP contribution in [0.3, 0.4) is 0 Å². The van der Waals surface area contributed by atoms with Crippen molar-refractivity contribution in [1.82, 2.24) is 4.90 Å². The van der Waals surface area contributed by atoms with Gasteiger partial charge in [0.2, 0.25) is 5.91 Å². The molecule has 3 fully saturated rings. The number of carbonyl (C=O) groups excluding carboxylic acids is 3. The predicted molar refractivity (Wildman–Crippen MR) is 135 cm³/mol. The monoisotopic (exact) mass is 516 g/mol. The maximum absolute atomic E-state index is 14.2. The zero-order chi connectivity index (χ0) is 26.1. The number of benzene rings is 1. The minimum atomic E-state index is -1.19. The van der Waals surface area contributed by atoms with Gasteiger partial charge in [0.25, 0.3) is 5.91 Å². The topological polar surface area (TPSA) is 96.4 Å². The summed E-state index contributed by atoms with van der Waals surface area (Å²) in [5, 5.41) is 10.3. The minimum Gasteiger partial charge on any atom is -0.465 e. The van der Waals surface area contributed by atoms with Gasteiger partial charge < -0.3 is 24.4 Å². The average molecular weight is 517 g/mol. The Hall–Kier alpha value is -2.68. The van der Waals surface area contributed by atoms with Gasteiger partial charge in [-0.3, -0.25) is 14.4 Å². The molecule has 1 aromatic carbocycles. The first-order valence-electron chi connectivity index (χ1n) is 12.3. The normalized spacial score (nSPS) is 30.2. The van der Waals surface area contributed by atoms with Crippen LogP contribution in [0.15, 0.2) is 49.6 Å². The summed E-state index contributed by atoms with van der Waals surface area (Å²) < 4.78 is 12.1. The van der Waals surface area contributed by atoms with Crippen molar-refractivity contribution < 1.29 is 29.0 Å². The first kappa shape index (κ1) is 26.4. The molecule has 0 radical (unpaired) electrons. The Bertz CT molecular complexity index is 1050. The highest BCUT2D eigenvalue weighted by Crippen LogP contribution is 2.63. The van der Waals surface area contributed by atoms with Gasteiger partial charge in [-0.25, -0.2) is 0 Å². The SMILES string of the molecule is C=CCCCOC(=O)[C@H]1[C@H]2C(=O)N(CCO)C(C(=O)N(CC=C)c3ccc(Cl)cc3)C23CC[C@]1(C)O3. The number of amides is 2. The zero-order valence-corrected chi connectivity index (χ0v) is 21.3. The van der Waals surface area contributed by atoms with Crippen molar-refractivity contribution >= 4 is 35.1 Å². The van der Waals surface area contributed by atoms with Crippen LogP contribution < -0.4 is 4.90 Å². The summed E-state index contributed by atoms with van der Waals surface area (Å²) in [6, 6.07) is 5.82. The molecule has 0 saturated carbocycles. The van der Waals surface area contributed by atoms with Crippen LogP contribution in [0.5, 0.6) is 0 Å². The molecule has 5 atom stereocenters. The Morgan fingerprint density at radius 3 is 2.64 bits per heavy atom. The lowest BCUT2D eigenvalue weighted by Gasteiger charge is -2.36. The van der Waals surface area contributed by atoms with E-state index in [0.29, 0.717) is 36.4 Å². The lowest BCUT2D eigenvalue weighted by atomic mass is 9.66. The standard InChI is InChI=1S/C27H33ClN2O6/c1-4-6-7-17-35-25(34)21-20-23(32)30(15-16-31)22(27(20)13-12-26(21,3)36-27)24(33)29(14-5-2)19-10-8-18(28)9-11-19/h4-5,8-11,20-22,31H,1-2,6-7,12-17H2,3H3/t20-,21+,22?,26-,27?/m0/s1. The number of esters is 1. The van der Waals surface area contributed by atoms with Crippen molar-refractivity contribution in [1.29, 1.82) is 0 Å². The fraction of sp³-hybridized carbons (Fsp3) is 0.519. The van der Waals surface area contributed by atoms with E-state index in [1.807, 2.05) is 6.92 Å². The van der Waals surface area contributed by atoms with Crippen molar-refractivity contribution in [3.63, 3.8) is 0 Å². The lowest BCUT2D eigenvalue weighted by molar-refractivity contribution is -0.159. The number of ether oxygens (including phenoxy) is 2. The van der Waals surface area contributed by atoms with E-state index in [9.17, 15) is 19.5 Å². The molecular weight excluding hydrogens is 484 g/mol. The summed E-state index contributed by atoms with van der Waals surface area (Å²) in [7, 11) is 0. The number of unbranched alkanes of at least 4 members (excludes halogenated alkanes) is 1. The van der Waals surface area contributed by atoms with Gasteiger partial charge in [-0.2, -0.15) is 0 Å². The molecule has 3 saturated heterocycles. The van der Waals surface area contributed by atoms with Crippen LogP contribution in [0.2, 0.25) is 5.02 Å².